The summed E-state index contributed by atoms with van der Waals surface area (Å²) in [4.78, 5) is 11.4. The highest BCUT2D eigenvalue weighted by molar-refractivity contribution is 5.67. The molecule has 0 saturated heterocycles. The van der Waals surface area contributed by atoms with Crippen molar-refractivity contribution in [2.75, 3.05) is 0 Å². The van der Waals surface area contributed by atoms with Gasteiger partial charge in [-0.25, -0.2) is 10.2 Å². The van der Waals surface area contributed by atoms with Crippen LogP contribution in [0.15, 0.2) is 12.2 Å². The molecule has 0 spiro atoms. The molecule has 5 heteroatoms. The Balaban J connectivity index is 2.36. The number of ether oxygens (including phenoxy) is 1. The molecule has 1 aliphatic rings. The minimum atomic E-state index is -0.658. The summed E-state index contributed by atoms with van der Waals surface area (Å²) in [5.74, 6) is 0. The van der Waals surface area contributed by atoms with Gasteiger partial charge >= 0.3 is 6.09 Å². The van der Waals surface area contributed by atoms with Gasteiger partial charge in [-0.15, -0.1) is 0 Å². The summed E-state index contributed by atoms with van der Waals surface area (Å²) < 4.78 is 5.08. The summed E-state index contributed by atoms with van der Waals surface area (Å²) in [6.07, 6.45) is 6.19. The Morgan fingerprint density at radius 3 is 2.69 bits per heavy atom. The van der Waals surface area contributed by atoms with Gasteiger partial charge in [-0.2, -0.15) is 0 Å². The maximum Gasteiger partial charge on any atom is 0.422 e. The van der Waals surface area contributed by atoms with Crippen LogP contribution in [-0.2, 0) is 4.74 Å². The minimum Gasteiger partial charge on any atom is -0.443 e. The smallest absolute Gasteiger partial charge is 0.422 e. The average molecular weight is 227 g/mol. The van der Waals surface area contributed by atoms with Gasteiger partial charge in [0.15, 0.2) is 0 Å². The summed E-state index contributed by atoms with van der Waals surface area (Å²) in [6, 6.07) is 0. The molecule has 0 fully saturated rings. The average Bonchev–Trinajstić information content (AvgIpc) is 2.14. The van der Waals surface area contributed by atoms with E-state index >= 15 is 0 Å². The molecule has 16 heavy (non-hydrogen) atoms. The van der Waals surface area contributed by atoms with E-state index in [9.17, 15) is 4.79 Å². The quantitative estimate of drug-likeness (QED) is 0.379. The largest absolute Gasteiger partial charge is 0.443 e. The summed E-state index contributed by atoms with van der Waals surface area (Å²) in [5.41, 5.74) is 10.1. The Bertz CT molecular complexity index is 283. The van der Waals surface area contributed by atoms with Crippen LogP contribution >= 0.6 is 0 Å². The maximum atomic E-state index is 11.4. The molecule has 0 saturated carbocycles. The second kappa shape index (κ2) is 4.84. The second-order valence-corrected chi connectivity index (χ2v) is 5.09. The van der Waals surface area contributed by atoms with Crippen LogP contribution in [0.4, 0.5) is 4.79 Å². The molecule has 0 bridgehead atoms. The van der Waals surface area contributed by atoms with Crippen molar-refractivity contribution in [3.05, 3.63) is 12.2 Å². The number of allylic oxidation sites excluding steroid dienone is 1. The van der Waals surface area contributed by atoms with E-state index in [2.05, 4.69) is 10.9 Å². The van der Waals surface area contributed by atoms with Gasteiger partial charge in [-0.3, -0.25) is 5.43 Å². The van der Waals surface area contributed by atoms with Crippen molar-refractivity contribution in [1.29, 1.82) is 0 Å². The minimum absolute atomic E-state index is 0.504. The first-order chi connectivity index (χ1) is 7.31. The Morgan fingerprint density at radius 2 is 2.19 bits per heavy atom. The second-order valence-electron chi connectivity index (χ2n) is 5.09. The zero-order valence-corrected chi connectivity index (χ0v) is 10.2. The van der Waals surface area contributed by atoms with Gasteiger partial charge < -0.3 is 10.5 Å². The third-order valence-electron chi connectivity index (χ3n) is 2.17. The summed E-state index contributed by atoms with van der Waals surface area (Å²) in [6.45, 7) is 5.43. The molecular weight excluding hydrogens is 206 g/mol. The van der Waals surface area contributed by atoms with Gasteiger partial charge in [-0.1, -0.05) is 12.2 Å². The van der Waals surface area contributed by atoms with E-state index in [1.165, 1.54) is 0 Å². The van der Waals surface area contributed by atoms with Crippen LogP contribution in [0.25, 0.3) is 0 Å². The Labute approximate surface area is 96.4 Å². The molecule has 0 aromatic carbocycles. The first kappa shape index (κ1) is 13.0. The van der Waals surface area contributed by atoms with Crippen molar-refractivity contribution in [2.24, 2.45) is 5.73 Å². The van der Waals surface area contributed by atoms with Gasteiger partial charge in [0.05, 0.1) is 0 Å². The molecule has 92 valence electrons. The van der Waals surface area contributed by atoms with Crippen LogP contribution in [0.1, 0.15) is 40.0 Å². The van der Waals surface area contributed by atoms with E-state index in [4.69, 9.17) is 10.5 Å². The van der Waals surface area contributed by atoms with Gasteiger partial charge in [0.1, 0.15) is 11.3 Å². The predicted molar refractivity (Wildman–Crippen MR) is 62.4 cm³/mol. The van der Waals surface area contributed by atoms with Gasteiger partial charge in [0, 0.05) is 0 Å². The van der Waals surface area contributed by atoms with E-state index < -0.39 is 17.4 Å². The number of nitrogens with two attached hydrogens (primary N) is 1. The SMILES string of the molecule is CC(C)(C)OC(=O)NNC1(N)C=CCCC1. The lowest BCUT2D eigenvalue weighted by molar-refractivity contribution is 0.0471. The molecule has 1 aliphatic carbocycles. The van der Waals surface area contributed by atoms with Crippen LogP contribution in [0.2, 0.25) is 0 Å². The molecule has 1 amide bonds. The molecule has 0 heterocycles. The van der Waals surface area contributed by atoms with Crippen LogP contribution in [0.5, 0.6) is 0 Å². The number of hydrogen-bond donors (Lipinski definition) is 3. The van der Waals surface area contributed by atoms with Crippen molar-refractivity contribution < 1.29 is 9.53 Å². The van der Waals surface area contributed by atoms with E-state index in [-0.39, 0.29) is 0 Å². The van der Waals surface area contributed by atoms with E-state index in [1.54, 1.807) is 0 Å². The van der Waals surface area contributed by atoms with E-state index in [0.717, 1.165) is 19.3 Å². The Hall–Kier alpha value is -1.07. The lowest BCUT2D eigenvalue weighted by Gasteiger charge is -2.30. The fourth-order valence-electron chi connectivity index (χ4n) is 1.46. The topological polar surface area (TPSA) is 76.4 Å². The fourth-order valence-corrected chi connectivity index (χ4v) is 1.46. The highest BCUT2D eigenvalue weighted by atomic mass is 16.6. The Kier molecular flexibility index (Phi) is 3.93. The molecule has 0 radical (unpaired) electrons. The zero-order valence-electron chi connectivity index (χ0n) is 10.2. The zero-order chi connectivity index (χ0) is 12.2. The van der Waals surface area contributed by atoms with Crippen LogP contribution in [0, 0.1) is 0 Å². The summed E-state index contributed by atoms with van der Waals surface area (Å²) in [7, 11) is 0. The number of rotatable bonds is 2. The normalized spacial score (nSPS) is 25.2. The molecular formula is C11H21N3O2. The van der Waals surface area contributed by atoms with Crippen LogP contribution in [-0.4, -0.2) is 17.4 Å². The molecule has 1 rings (SSSR count). The van der Waals surface area contributed by atoms with E-state index in [1.807, 2.05) is 32.9 Å². The van der Waals surface area contributed by atoms with Crippen molar-refractivity contribution in [1.82, 2.24) is 10.9 Å². The third kappa shape index (κ3) is 4.63. The summed E-state index contributed by atoms with van der Waals surface area (Å²) >= 11 is 0. The Morgan fingerprint density at radius 1 is 1.50 bits per heavy atom. The first-order valence-electron chi connectivity index (χ1n) is 5.53. The first-order valence-corrected chi connectivity index (χ1v) is 5.53. The number of hydrazine groups is 1. The molecule has 0 aromatic rings. The number of carbonyl (C=O) groups excluding carboxylic acids is 1. The van der Waals surface area contributed by atoms with Crippen LogP contribution in [0.3, 0.4) is 0 Å². The van der Waals surface area contributed by atoms with Crippen LogP contribution < -0.4 is 16.6 Å². The van der Waals surface area contributed by atoms with Gasteiger partial charge in [0.2, 0.25) is 0 Å². The van der Waals surface area contributed by atoms with Crippen molar-refractivity contribution in [3.63, 3.8) is 0 Å². The molecule has 4 N–H and O–H groups in total. The molecule has 0 aromatic heterocycles. The molecule has 0 aliphatic heterocycles. The monoisotopic (exact) mass is 227 g/mol. The lowest BCUT2D eigenvalue weighted by atomic mass is 9.98. The number of hydrogen-bond acceptors (Lipinski definition) is 4. The maximum absolute atomic E-state index is 11.4. The van der Waals surface area contributed by atoms with Gasteiger partial charge in [-0.05, 0) is 40.0 Å². The molecule has 5 nitrogen and oxygen atoms in total. The highest BCUT2D eigenvalue weighted by Gasteiger charge is 2.24. The van der Waals surface area contributed by atoms with Crippen molar-refractivity contribution in [2.45, 2.75) is 51.3 Å². The standard InChI is InChI=1S/C11H21N3O2/c1-10(2,3)16-9(15)13-14-11(12)7-5-4-6-8-11/h5,7,14H,4,6,8,12H2,1-3H3,(H,13,15). The lowest BCUT2D eigenvalue weighted by Crippen LogP contribution is -2.60. The fraction of sp³-hybridized carbons (Fsp3) is 0.727. The summed E-state index contributed by atoms with van der Waals surface area (Å²) in [5, 5.41) is 0. The third-order valence-corrected chi connectivity index (χ3v) is 2.17. The predicted octanol–water partition coefficient (Wildman–Crippen LogP) is 1.41. The number of nitrogens with one attached hydrogen (secondary N) is 2. The van der Waals surface area contributed by atoms with Crippen molar-refractivity contribution >= 4 is 6.09 Å². The number of amides is 1. The number of carbonyl (C=O) groups is 1. The van der Waals surface area contributed by atoms with E-state index in [0.29, 0.717) is 0 Å². The molecule has 1 atom stereocenters. The van der Waals surface area contributed by atoms with Crippen molar-refractivity contribution in [3.8, 4) is 0 Å². The highest BCUT2D eigenvalue weighted by Crippen LogP contribution is 2.16. The molecule has 1 unspecified atom stereocenters. The van der Waals surface area contributed by atoms with Gasteiger partial charge in [0.25, 0.3) is 0 Å².